The Morgan fingerprint density at radius 1 is 1.29 bits per heavy atom. The monoisotopic (exact) mass is 284 g/mol. The van der Waals surface area contributed by atoms with Crippen LogP contribution in [-0.2, 0) is 6.42 Å². The molecule has 4 heteroatoms. The Morgan fingerprint density at radius 3 is 2.76 bits per heavy atom. The molecule has 1 aromatic heterocycles. The molecule has 1 aliphatic heterocycles. The molecule has 1 atom stereocenters. The molecular weight excluding hydrogens is 264 g/mol. The molecule has 0 saturated heterocycles. The quantitative estimate of drug-likeness (QED) is 0.910. The highest BCUT2D eigenvalue weighted by atomic mass is 16.3. The first-order valence-corrected chi connectivity index (χ1v) is 7.25. The van der Waals surface area contributed by atoms with Crippen LogP contribution in [0.2, 0.25) is 0 Å². The lowest BCUT2D eigenvalue weighted by atomic mass is 9.92. The second kappa shape index (κ2) is 5.37. The molecule has 0 saturated carbocycles. The van der Waals surface area contributed by atoms with E-state index in [-0.39, 0.29) is 11.9 Å². The minimum absolute atomic E-state index is 0.0213. The van der Waals surface area contributed by atoms with Gasteiger partial charge in [-0.25, -0.2) is 0 Å². The van der Waals surface area contributed by atoms with Gasteiger partial charge >= 0.3 is 0 Å². The van der Waals surface area contributed by atoms with Crippen LogP contribution in [0.25, 0.3) is 0 Å². The molecule has 2 aromatic rings. The van der Waals surface area contributed by atoms with E-state index in [4.69, 9.17) is 4.42 Å². The largest absolute Gasteiger partial charge is 0.466 e. The van der Waals surface area contributed by atoms with Gasteiger partial charge in [0.2, 0.25) is 0 Å². The van der Waals surface area contributed by atoms with Crippen molar-refractivity contribution in [3.63, 3.8) is 0 Å². The van der Waals surface area contributed by atoms with Gasteiger partial charge in [0.25, 0.3) is 5.91 Å². The zero-order valence-electron chi connectivity index (χ0n) is 12.6. The molecule has 0 radical (unpaired) electrons. The summed E-state index contributed by atoms with van der Waals surface area (Å²) in [5.74, 6) is 1.83. The number of amides is 1. The summed E-state index contributed by atoms with van der Waals surface area (Å²) in [4.78, 5) is 12.0. The lowest BCUT2D eigenvalue weighted by Gasteiger charge is -2.21. The third-order valence-electron chi connectivity index (χ3n) is 4.07. The summed E-state index contributed by atoms with van der Waals surface area (Å²) >= 11 is 0. The summed E-state index contributed by atoms with van der Waals surface area (Å²) in [6.07, 6.45) is 0.898. The van der Waals surface area contributed by atoms with Crippen molar-refractivity contribution in [1.82, 2.24) is 10.6 Å². The summed E-state index contributed by atoms with van der Waals surface area (Å²) in [6, 6.07) is 8.24. The number of carbonyl (C=O) groups is 1. The van der Waals surface area contributed by atoms with Crippen LogP contribution >= 0.6 is 0 Å². The summed E-state index contributed by atoms with van der Waals surface area (Å²) in [7, 11) is 1.92. The Bertz CT molecular complexity index is 688. The Balaban J connectivity index is 2.04. The van der Waals surface area contributed by atoms with Crippen molar-refractivity contribution in [1.29, 1.82) is 0 Å². The second-order valence-electron chi connectivity index (χ2n) is 5.51. The van der Waals surface area contributed by atoms with Crippen molar-refractivity contribution in [3.8, 4) is 0 Å². The fourth-order valence-corrected chi connectivity index (χ4v) is 3.05. The predicted molar refractivity (Wildman–Crippen MR) is 81.6 cm³/mol. The van der Waals surface area contributed by atoms with E-state index in [1.54, 1.807) is 0 Å². The van der Waals surface area contributed by atoms with Crippen LogP contribution in [0.1, 0.15) is 44.6 Å². The molecule has 21 heavy (non-hydrogen) atoms. The molecular formula is C17H20N2O2. The Hall–Kier alpha value is -2.07. The van der Waals surface area contributed by atoms with E-state index in [2.05, 4.69) is 28.8 Å². The first kappa shape index (κ1) is 13.9. The molecule has 1 unspecified atom stereocenters. The maximum atomic E-state index is 12.0. The van der Waals surface area contributed by atoms with Crippen LogP contribution in [0.4, 0.5) is 0 Å². The lowest BCUT2D eigenvalue weighted by molar-refractivity contribution is 0.0946. The maximum absolute atomic E-state index is 12.0. The summed E-state index contributed by atoms with van der Waals surface area (Å²) in [6.45, 7) is 4.64. The van der Waals surface area contributed by atoms with E-state index in [1.807, 2.05) is 27.0 Å². The van der Waals surface area contributed by atoms with Crippen molar-refractivity contribution in [2.75, 3.05) is 13.6 Å². The van der Waals surface area contributed by atoms with Gasteiger partial charge in [-0.15, -0.1) is 0 Å². The molecule has 1 amide bonds. The number of aryl methyl sites for hydroxylation is 2. The van der Waals surface area contributed by atoms with Gasteiger partial charge in [-0.05, 0) is 50.6 Å². The maximum Gasteiger partial charge on any atom is 0.251 e. The standard InChI is InChI=1S/C17H20N2O2/c1-10-8-14(11(2)21-10)16(18-3)13-5-4-12-6-7-19-17(20)15(12)9-13/h4-5,8-9,16,18H,6-7H2,1-3H3,(H,19,20). The van der Waals surface area contributed by atoms with E-state index < -0.39 is 0 Å². The average molecular weight is 284 g/mol. The van der Waals surface area contributed by atoms with Crippen LogP contribution < -0.4 is 10.6 Å². The molecule has 0 spiro atoms. The van der Waals surface area contributed by atoms with Crippen molar-refractivity contribution in [3.05, 3.63) is 58.0 Å². The van der Waals surface area contributed by atoms with Gasteiger partial charge < -0.3 is 15.1 Å². The van der Waals surface area contributed by atoms with Gasteiger partial charge in [-0.1, -0.05) is 12.1 Å². The highest BCUT2D eigenvalue weighted by Gasteiger charge is 2.22. The molecule has 1 aromatic carbocycles. The lowest BCUT2D eigenvalue weighted by Crippen LogP contribution is -2.32. The number of carbonyl (C=O) groups excluding carboxylic acids is 1. The Labute approximate surface area is 124 Å². The van der Waals surface area contributed by atoms with E-state index in [9.17, 15) is 4.79 Å². The fraction of sp³-hybridized carbons (Fsp3) is 0.353. The minimum atomic E-state index is 0.0213. The SMILES string of the molecule is CNC(c1ccc2c(c1)C(=O)NCC2)c1cc(C)oc1C. The minimum Gasteiger partial charge on any atom is -0.466 e. The molecule has 2 N–H and O–H groups in total. The first-order chi connectivity index (χ1) is 10.1. The molecule has 0 fully saturated rings. The molecule has 110 valence electrons. The smallest absolute Gasteiger partial charge is 0.251 e. The predicted octanol–water partition coefficient (Wildman–Crippen LogP) is 2.49. The third-order valence-corrected chi connectivity index (χ3v) is 4.07. The second-order valence-corrected chi connectivity index (χ2v) is 5.51. The molecule has 3 rings (SSSR count). The summed E-state index contributed by atoms with van der Waals surface area (Å²) in [5.41, 5.74) is 4.11. The highest BCUT2D eigenvalue weighted by Crippen LogP contribution is 2.29. The van der Waals surface area contributed by atoms with E-state index >= 15 is 0 Å². The molecule has 0 bridgehead atoms. The van der Waals surface area contributed by atoms with Crippen LogP contribution in [-0.4, -0.2) is 19.5 Å². The average Bonchev–Trinajstić information content (AvgIpc) is 2.79. The number of hydrogen-bond acceptors (Lipinski definition) is 3. The molecule has 1 aliphatic rings. The van der Waals surface area contributed by atoms with Crippen molar-refractivity contribution in [2.24, 2.45) is 0 Å². The highest BCUT2D eigenvalue weighted by molar-refractivity contribution is 5.96. The number of benzene rings is 1. The number of furan rings is 1. The normalized spacial score (nSPS) is 15.5. The van der Waals surface area contributed by atoms with E-state index in [0.29, 0.717) is 0 Å². The zero-order valence-corrected chi connectivity index (χ0v) is 12.6. The van der Waals surface area contributed by atoms with Gasteiger partial charge in [-0.3, -0.25) is 4.79 Å². The summed E-state index contributed by atoms with van der Waals surface area (Å²) < 4.78 is 5.63. The number of fused-ring (bicyclic) bond motifs is 1. The van der Waals surface area contributed by atoms with E-state index in [0.717, 1.165) is 46.7 Å². The van der Waals surface area contributed by atoms with Crippen LogP contribution in [0.5, 0.6) is 0 Å². The van der Waals surface area contributed by atoms with Crippen molar-refractivity contribution >= 4 is 5.91 Å². The van der Waals surface area contributed by atoms with Gasteiger partial charge in [-0.2, -0.15) is 0 Å². The zero-order chi connectivity index (χ0) is 15.0. The van der Waals surface area contributed by atoms with Gasteiger partial charge in [0, 0.05) is 17.7 Å². The van der Waals surface area contributed by atoms with Crippen molar-refractivity contribution < 1.29 is 9.21 Å². The van der Waals surface area contributed by atoms with Gasteiger partial charge in [0.1, 0.15) is 11.5 Å². The topological polar surface area (TPSA) is 54.3 Å². The van der Waals surface area contributed by atoms with Crippen LogP contribution in [0.3, 0.4) is 0 Å². The first-order valence-electron chi connectivity index (χ1n) is 7.25. The van der Waals surface area contributed by atoms with E-state index in [1.165, 1.54) is 0 Å². The molecule has 4 nitrogen and oxygen atoms in total. The molecule has 0 aliphatic carbocycles. The fourth-order valence-electron chi connectivity index (χ4n) is 3.05. The molecule has 2 heterocycles. The van der Waals surface area contributed by atoms with Crippen LogP contribution in [0, 0.1) is 13.8 Å². The number of nitrogens with one attached hydrogen (secondary N) is 2. The van der Waals surface area contributed by atoms with Gasteiger partial charge in [0.05, 0.1) is 6.04 Å². The van der Waals surface area contributed by atoms with Gasteiger partial charge in [0.15, 0.2) is 0 Å². The number of hydrogen-bond donors (Lipinski definition) is 2. The Morgan fingerprint density at radius 2 is 2.10 bits per heavy atom. The Kier molecular flexibility index (Phi) is 3.55. The third kappa shape index (κ3) is 2.47. The summed E-state index contributed by atoms with van der Waals surface area (Å²) in [5, 5.41) is 6.22. The van der Waals surface area contributed by atoms with Crippen LogP contribution in [0.15, 0.2) is 28.7 Å². The van der Waals surface area contributed by atoms with Crippen molar-refractivity contribution in [2.45, 2.75) is 26.3 Å². The number of rotatable bonds is 3.